The predicted molar refractivity (Wildman–Crippen MR) is 90.3 cm³/mol. The van der Waals surface area contributed by atoms with E-state index in [1.165, 1.54) is 14.7 Å². The van der Waals surface area contributed by atoms with E-state index in [2.05, 4.69) is 78.7 Å². The van der Waals surface area contributed by atoms with E-state index >= 15 is 0 Å². The molecule has 2 aromatic carbocycles. The van der Waals surface area contributed by atoms with Gasteiger partial charge in [0.25, 0.3) is 0 Å². The number of rotatable bonds is 4. The van der Waals surface area contributed by atoms with Gasteiger partial charge in [0.2, 0.25) is 0 Å². The number of hydrogen-bond acceptors (Lipinski definition) is 1. The lowest BCUT2D eigenvalue weighted by atomic mass is 10.2. The molecule has 0 saturated carbocycles. The minimum Gasteiger partial charge on any atom is -0.489 e. The molecule has 2 aromatic rings. The maximum Gasteiger partial charge on any atom is 0.120 e. The van der Waals surface area contributed by atoms with Crippen LogP contribution < -0.4 is 4.74 Å². The highest BCUT2D eigenvalue weighted by Crippen LogP contribution is 2.25. The summed E-state index contributed by atoms with van der Waals surface area (Å²) in [6.45, 7) is 0.597. The summed E-state index contributed by atoms with van der Waals surface area (Å²) in [7, 11) is 0. The van der Waals surface area contributed by atoms with Crippen molar-refractivity contribution in [2.45, 2.75) is 11.9 Å². The molecule has 0 fully saturated rings. The van der Waals surface area contributed by atoms with Crippen molar-refractivity contribution in [3.8, 4) is 5.75 Å². The van der Waals surface area contributed by atoms with Gasteiger partial charge in [0.15, 0.2) is 0 Å². The van der Waals surface area contributed by atoms with Crippen molar-refractivity contribution in [3.05, 3.63) is 61.6 Å². The fourth-order valence-electron chi connectivity index (χ4n) is 1.49. The largest absolute Gasteiger partial charge is 0.489 e. The molecule has 0 spiro atoms. The van der Waals surface area contributed by atoms with Crippen LogP contribution in [0.3, 0.4) is 0 Å². The Bertz CT molecular complexity index is 526. The minimum atomic E-state index is 0.597. The van der Waals surface area contributed by atoms with Crippen LogP contribution in [-0.4, -0.2) is 0 Å². The van der Waals surface area contributed by atoms with E-state index in [0.717, 1.165) is 15.6 Å². The Morgan fingerprint density at radius 2 is 1.78 bits per heavy atom. The third kappa shape index (κ3) is 3.96. The molecule has 2 rings (SSSR count). The molecule has 0 amide bonds. The Kier molecular flexibility index (Phi) is 5.51. The highest BCUT2D eigenvalue weighted by atomic mass is 127. The van der Waals surface area contributed by atoms with Crippen LogP contribution in [0.15, 0.2) is 46.9 Å². The molecule has 0 N–H and O–H groups in total. The highest BCUT2D eigenvalue weighted by molar-refractivity contribution is 14.1. The topological polar surface area (TPSA) is 9.23 Å². The molecule has 0 aliphatic carbocycles. The zero-order chi connectivity index (χ0) is 13.0. The quantitative estimate of drug-likeness (QED) is 0.412. The van der Waals surface area contributed by atoms with Gasteiger partial charge in [0.05, 0.1) is 0 Å². The first-order valence-corrected chi connectivity index (χ1v) is 8.40. The van der Waals surface area contributed by atoms with E-state index in [4.69, 9.17) is 4.74 Å². The summed E-state index contributed by atoms with van der Waals surface area (Å²) < 4.78 is 8.12. The van der Waals surface area contributed by atoms with Gasteiger partial charge in [0, 0.05) is 13.4 Å². The first-order chi connectivity index (χ1) is 8.69. The van der Waals surface area contributed by atoms with Gasteiger partial charge in [-0.3, -0.25) is 0 Å². The lowest BCUT2D eigenvalue weighted by Crippen LogP contribution is -1.96. The van der Waals surface area contributed by atoms with Gasteiger partial charge in [-0.15, -0.1) is 0 Å². The Balaban J connectivity index is 2.04. The summed E-state index contributed by atoms with van der Waals surface area (Å²) in [6, 6.07) is 14.4. The summed E-state index contributed by atoms with van der Waals surface area (Å²) in [5.41, 5.74) is 2.37. The molecule has 0 aliphatic heterocycles. The third-order valence-corrected chi connectivity index (χ3v) is 4.58. The first kappa shape index (κ1) is 14.3. The Labute approximate surface area is 137 Å². The molecule has 0 atom stereocenters. The van der Waals surface area contributed by atoms with Gasteiger partial charge < -0.3 is 4.74 Å². The van der Waals surface area contributed by atoms with Crippen LogP contribution in [0.4, 0.5) is 0 Å². The molecule has 0 saturated heterocycles. The number of alkyl halides is 1. The van der Waals surface area contributed by atoms with Crippen molar-refractivity contribution in [2.24, 2.45) is 0 Å². The number of halogens is 3. The zero-order valence-corrected chi connectivity index (χ0v) is 14.8. The molecule has 0 radical (unpaired) electrons. The minimum absolute atomic E-state index is 0.597. The van der Waals surface area contributed by atoms with E-state index in [-0.39, 0.29) is 0 Å². The van der Waals surface area contributed by atoms with Gasteiger partial charge in [-0.25, -0.2) is 0 Å². The summed E-state index contributed by atoms with van der Waals surface area (Å²) >= 11 is 9.27. The average Bonchev–Trinajstić information content (AvgIpc) is 2.39. The fraction of sp³-hybridized carbons (Fsp3) is 0.143. The predicted octanol–water partition coefficient (Wildman–Crippen LogP) is 5.53. The second kappa shape index (κ2) is 6.91. The molecular weight excluding hydrogens is 471 g/mol. The molecule has 94 valence electrons. The highest BCUT2D eigenvalue weighted by Gasteiger charge is 2.02. The van der Waals surface area contributed by atoms with Crippen molar-refractivity contribution in [1.29, 1.82) is 0 Å². The standard InChI is InChI=1S/C14H11Br2IO/c15-8-11-7-13(5-6-14(11)16)18-9-10-1-3-12(17)4-2-10/h1-7H,8-9H2. The average molecular weight is 482 g/mol. The lowest BCUT2D eigenvalue weighted by Gasteiger charge is -2.08. The Morgan fingerprint density at radius 1 is 1.06 bits per heavy atom. The normalized spacial score (nSPS) is 10.4. The van der Waals surface area contributed by atoms with Crippen LogP contribution in [0.1, 0.15) is 11.1 Å². The van der Waals surface area contributed by atoms with Gasteiger partial charge in [-0.2, -0.15) is 0 Å². The van der Waals surface area contributed by atoms with Gasteiger partial charge in [0.1, 0.15) is 12.4 Å². The van der Waals surface area contributed by atoms with E-state index in [0.29, 0.717) is 6.61 Å². The third-order valence-electron chi connectivity index (χ3n) is 2.48. The SMILES string of the molecule is BrCc1cc(OCc2ccc(I)cc2)ccc1Br. The van der Waals surface area contributed by atoms with Crippen molar-refractivity contribution < 1.29 is 4.74 Å². The zero-order valence-electron chi connectivity index (χ0n) is 9.50. The monoisotopic (exact) mass is 480 g/mol. The maximum absolute atomic E-state index is 5.79. The van der Waals surface area contributed by atoms with Crippen LogP contribution in [-0.2, 0) is 11.9 Å². The number of hydrogen-bond donors (Lipinski definition) is 0. The molecular formula is C14H11Br2IO. The molecule has 0 unspecified atom stereocenters. The molecule has 1 nitrogen and oxygen atoms in total. The lowest BCUT2D eigenvalue weighted by molar-refractivity contribution is 0.306. The Hall–Kier alpha value is -0.0700. The second-order valence-electron chi connectivity index (χ2n) is 3.80. The van der Waals surface area contributed by atoms with Gasteiger partial charge >= 0.3 is 0 Å². The Morgan fingerprint density at radius 3 is 2.44 bits per heavy atom. The van der Waals surface area contributed by atoms with Crippen LogP contribution in [0.25, 0.3) is 0 Å². The maximum atomic E-state index is 5.79. The summed E-state index contributed by atoms with van der Waals surface area (Å²) in [4.78, 5) is 0. The number of ether oxygens (including phenoxy) is 1. The van der Waals surface area contributed by atoms with E-state index < -0.39 is 0 Å². The van der Waals surface area contributed by atoms with Crippen molar-refractivity contribution in [2.75, 3.05) is 0 Å². The molecule has 4 heteroatoms. The first-order valence-electron chi connectivity index (χ1n) is 5.40. The van der Waals surface area contributed by atoms with Crippen molar-refractivity contribution in [1.82, 2.24) is 0 Å². The summed E-state index contributed by atoms with van der Waals surface area (Å²) in [6.07, 6.45) is 0. The van der Waals surface area contributed by atoms with Crippen molar-refractivity contribution in [3.63, 3.8) is 0 Å². The smallest absolute Gasteiger partial charge is 0.120 e. The number of benzene rings is 2. The molecule has 0 bridgehead atoms. The molecule has 0 heterocycles. The molecule has 0 aromatic heterocycles. The van der Waals surface area contributed by atoms with Crippen molar-refractivity contribution >= 4 is 54.5 Å². The van der Waals surface area contributed by atoms with E-state index in [1.807, 2.05) is 18.2 Å². The van der Waals surface area contributed by atoms with Crippen LogP contribution in [0.2, 0.25) is 0 Å². The van der Waals surface area contributed by atoms with E-state index in [1.54, 1.807) is 0 Å². The summed E-state index contributed by atoms with van der Waals surface area (Å²) in [5.74, 6) is 0.895. The van der Waals surface area contributed by atoms with Gasteiger partial charge in [-0.1, -0.05) is 44.0 Å². The summed E-state index contributed by atoms with van der Waals surface area (Å²) in [5, 5.41) is 0.814. The van der Waals surface area contributed by atoms with E-state index in [9.17, 15) is 0 Å². The second-order valence-corrected chi connectivity index (χ2v) is 6.46. The van der Waals surface area contributed by atoms with Crippen LogP contribution in [0, 0.1) is 3.57 Å². The fourth-order valence-corrected chi connectivity index (χ4v) is 3.08. The van der Waals surface area contributed by atoms with Crippen LogP contribution in [0.5, 0.6) is 5.75 Å². The molecule has 18 heavy (non-hydrogen) atoms. The van der Waals surface area contributed by atoms with Gasteiger partial charge in [-0.05, 0) is 64.0 Å². The van der Waals surface area contributed by atoms with Crippen LogP contribution >= 0.6 is 54.5 Å². The molecule has 0 aliphatic rings.